The molecule has 1 heterocycles. The highest BCUT2D eigenvalue weighted by molar-refractivity contribution is 6.29. The Labute approximate surface area is 99.5 Å². The number of rotatable bonds is 2. The van der Waals surface area contributed by atoms with Crippen LogP contribution < -0.4 is 0 Å². The summed E-state index contributed by atoms with van der Waals surface area (Å²) in [7, 11) is 0. The first-order valence-electron chi connectivity index (χ1n) is 5.32. The topological polar surface area (TPSA) is 50.2 Å². The molecule has 1 N–H and O–H groups in total. The average Bonchev–Trinajstić information content (AvgIpc) is 2.10. The number of halogens is 1. The van der Waals surface area contributed by atoms with Crippen molar-refractivity contribution in [2.24, 2.45) is 5.92 Å². The van der Waals surface area contributed by atoms with Crippen LogP contribution in [0.15, 0.2) is 12.1 Å². The maximum absolute atomic E-state index is 11.4. The average molecular weight is 240 g/mol. The summed E-state index contributed by atoms with van der Waals surface area (Å²) in [6, 6.07) is 3.50. The number of hydrogen-bond donors (Lipinski definition) is 1. The van der Waals surface area contributed by atoms with Gasteiger partial charge in [0.25, 0.3) is 0 Å². The maximum atomic E-state index is 11.4. The second kappa shape index (κ2) is 3.74. The number of nitrogens with zero attached hydrogens (tertiary/aromatic N) is 1. The summed E-state index contributed by atoms with van der Waals surface area (Å²) in [6.45, 7) is 3.89. The van der Waals surface area contributed by atoms with Crippen molar-refractivity contribution in [2.45, 2.75) is 32.1 Å². The Morgan fingerprint density at radius 2 is 2.19 bits per heavy atom. The normalized spacial score (nSPS) is 28.6. The third-order valence-electron chi connectivity index (χ3n) is 3.28. The van der Waals surface area contributed by atoms with E-state index in [4.69, 9.17) is 11.6 Å². The van der Waals surface area contributed by atoms with Gasteiger partial charge in [0.15, 0.2) is 0 Å². The molecular formula is C12H14ClNO2. The van der Waals surface area contributed by atoms with Crippen LogP contribution in [-0.4, -0.2) is 16.1 Å². The van der Waals surface area contributed by atoms with E-state index in [1.54, 1.807) is 6.07 Å². The highest BCUT2D eigenvalue weighted by Gasteiger charge is 2.50. The van der Waals surface area contributed by atoms with Gasteiger partial charge in [-0.1, -0.05) is 18.5 Å². The zero-order valence-corrected chi connectivity index (χ0v) is 10.1. The largest absolute Gasteiger partial charge is 0.481 e. The molecule has 0 saturated heterocycles. The number of carbonyl (C=O) groups is 1. The Hall–Kier alpha value is -1.09. The van der Waals surface area contributed by atoms with Gasteiger partial charge in [0.1, 0.15) is 5.15 Å². The fourth-order valence-electron chi connectivity index (χ4n) is 2.57. The number of aryl methyl sites for hydroxylation is 1. The van der Waals surface area contributed by atoms with Crippen LogP contribution >= 0.6 is 11.6 Å². The second-order valence-electron chi connectivity index (χ2n) is 4.72. The minimum atomic E-state index is -0.757. The molecule has 0 aliphatic heterocycles. The molecule has 0 unspecified atom stereocenters. The lowest BCUT2D eigenvalue weighted by Gasteiger charge is -2.43. The molecule has 0 spiro atoms. The van der Waals surface area contributed by atoms with Crippen molar-refractivity contribution in [3.63, 3.8) is 0 Å². The maximum Gasteiger partial charge on any atom is 0.314 e. The summed E-state index contributed by atoms with van der Waals surface area (Å²) < 4.78 is 0. The van der Waals surface area contributed by atoms with Crippen molar-refractivity contribution in [1.29, 1.82) is 0 Å². The van der Waals surface area contributed by atoms with Gasteiger partial charge in [-0.05, 0) is 43.4 Å². The Morgan fingerprint density at radius 3 is 2.62 bits per heavy atom. The van der Waals surface area contributed by atoms with Crippen LogP contribution in [0.5, 0.6) is 0 Å². The van der Waals surface area contributed by atoms with E-state index in [1.165, 1.54) is 0 Å². The van der Waals surface area contributed by atoms with Crippen molar-refractivity contribution < 1.29 is 9.90 Å². The summed E-state index contributed by atoms with van der Waals surface area (Å²) in [5.74, 6) is -0.296. The second-order valence-corrected chi connectivity index (χ2v) is 5.11. The number of aromatic nitrogens is 1. The van der Waals surface area contributed by atoms with Crippen molar-refractivity contribution in [2.75, 3.05) is 0 Å². The molecular weight excluding hydrogens is 226 g/mol. The first-order chi connectivity index (χ1) is 7.44. The first kappa shape index (κ1) is 11.4. The fourth-order valence-corrected chi connectivity index (χ4v) is 2.82. The zero-order valence-electron chi connectivity index (χ0n) is 9.33. The van der Waals surface area contributed by atoms with Crippen LogP contribution in [0.2, 0.25) is 5.15 Å². The van der Waals surface area contributed by atoms with E-state index >= 15 is 0 Å². The Kier molecular flexibility index (Phi) is 2.66. The molecule has 3 nitrogen and oxygen atoms in total. The van der Waals surface area contributed by atoms with Crippen LogP contribution in [0.3, 0.4) is 0 Å². The third kappa shape index (κ3) is 1.69. The van der Waals surface area contributed by atoms with E-state index in [0.29, 0.717) is 23.9 Å². The number of carboxylic acid groups (broad SMARTS) is 1. The molecule has 0 bridgehead atoms. The Morgan fingerprint density at radius 1 is 1.56 bits per heavy atom. The standard InChI is InChI=1S/C12H14ClNO2/c1-7-5-12(6-7,11(15)16)9-3-8(2)14-10(13)4-9/h3-4,7H,5-6H2,1-2H3,(H,15,16). The fraction of sp³-hybridized carbons (Fsp3) is 0.500. The lowest BCUT2D eigenvalue weighted by atomic mass is 9.59. The quantitative estimate of drug-likeness (QED) is 0.808. The van der Waals surface area contributed by atoms with Crippen molar-refractivity contribution in [3.8, 4) is 0 Å². The molecule has 0 amide bonds. The molecule has 2 rings (SSSR count). The molecule has 0 atom stereocenters. The molecule has 16 heavy (non-hydrogen) atoms. The first-order valence-corrected chi connectivity index (χ1v) is 5.70. The van der Waals surface area contributed by atoms with Crippen LogP contribution in [-0.2, 0) is 10.2 Å². The molecule has 0 aromatic carbocycles. The molecule has 4 heteroatoms. The summed E-state index contributed by atoms with van der Waals surface area (Å²) in [5, 5.41) is 9.74. The summed E-state index contributed by atoms with van der Waals surface area (Å²) in [5.41, 5.74) is 0.815. The Balaban J connectivity index is 2.45. The highest BCUT2D eigenvalue weighted by atomic mass is 35.5. The molecule has 1 aliphatic rings. The number of aliphatic carboxylic acids is 1. The van der Waals surface area contributed by atoms with Gasteiger partial charge < -0.3 is 5.11 Å². The van der Waals surface area contributed by atoms with Gasteiger partial charge in [0.05, 0.1) is 5.41 Å². The van der Waals surface area contributed by atoms with Gasteiger partial charge in [-0.2, -0.15) is 0 Å². The molecule has 1 aromatic rings. The van der Waals surface area contributed by atoms with E-state index in [1.807, 2.05) is 13.0 Å². The highest BCUT2D eigenvalue weighted by Crippen LogP contribution is 2.48. The minimum Gasteiger partial charge on any atom is -0.481 e. The van der Waals surface area contributed by atoms with Crippen LogP contribution in [0.1, 0.15) is 31.0 Å². The van der Waals surface area contributed by atoms with E-state index < -0.39 is 11.4 Å². The number of hydrogen-bond acceptors (Lipinski definition) is 2. The van der Waals surface area contributed by atoms with Crippen molar-refractivity contribution in [3.05, 3.63) is 28.5 Å². The molecule has 1 aromatic heterocycles. The van der Waals surface area contributed by atoms with Crippen LogP contribution in [0.25, 0.3) is 0 Å². The SMILES string of the molecule is Cc1cc(C2(C(=O)O)CC(C)C2)cc(Cl)n1. The van der Waals surface area contributed by atoms with Gasteiger partial charge >= 0.3 is 5.97 Å². The van der Waals surface area contributed by atoms with Gasteiger partial charge in [0, 0.05) is 5.69 Å². The van der Waals surface area contributed by atoms with Crippen molar-refractivity contribution in [1.82, 2.24) is 4.98 Å². The monoisotopic (exact) mass is 239 g/mol. The number of pyridine rings is 1. The van der Waals surface area contributed by atoms with Gasteiger partial charge in [0.2, 0.25) is 0 Å². The van der Waals surface area contributed by atoms with Gasteiger partial charge in [-0.3, -0.25) is 4.79 Å². The van der Waals surface area contributed by atoms with E-state index in [9.17, 15) is 9.90 Å². The Bertz CT molecular complexity index is 418. The predicted molar refractivity (Wildman–Crippen MR) is 61.7 cm³/mol. The van der Waals surface area contributed by atoms with Crippen LogP contribution in [0.4, 0.5) is 0 Å². The van der Waals surface area contributed by atoms with Gasteiger partial charge in [-0.25, -0.2) is 4.98 Å². The summed E-state index contributed by atoms with van der Waals surface area (Å²) in [6.07, 6.45) is 1.37. The summed E-state index contributed by atoms with van der Waals surface area (Å²) in [4.78, 5) is 15.5. The summed E-state index contributed by atoms with van der Waals surface area (Å²) >= 11 is 5.87. The molecule has 1 saturated carbocycles. The minimum absolute atomic E-state index is 0.371. The molecule has 86 valence electrons. The predicted octanol–water partition coefficient (Wildman–Crippen LogP) is 2.80. The lowest BCUT2D eigenvalue weighted by Crippen LogP contribution is -2.47. The molecule has 0 radical (unpaired) electrons. The van der Waals surface area contributed by atoms with Crippen molar-refractivity contribution >= 4 is 17.6 Å². The van der Waals surface area contributed by atoms with E-state index in [2.05, 4.69) is 11.9 Å². The zero-order chi connectivity index (χ0) is 11.9. The molecule has 1 fully saturated rings. The van der Waals surface area contributed by atoms with Crippen LogP contribution in [0, 0.1) is 12.8 Å². The van der Waals surface area contributed by atoms with Gasteiger partial charge in [-0.15, -0.1) is 0 Å². The third-order valence-corrected chi connectivity index (χ3v) is 3.47. The lowest BCUT2D eigenvalue weighted by molar-refractivity contribution is -0.149. The van der Waals surface area contributed by atoms with E-state index in [0.717, 1.165) is 11.3 Å². The van der Waals surface area contributed by atoms with E-state index in [-0.39, 0.29) is 0 Å². The smallest absolute Gasteiger partial charge is 0.314 e. The number of carboxylic acids is 1. The molecule has 1 aliphatic carbocycles.